The van der Waals surface area contributed by atoms with Gasteiger partial charge >= 0.3 is 5.97 Å². The molecular weight excluding hydrogens is 248 g/mol. The van der Waals surface area contributed by atoms with Gasteiger partial charge in [-0.3, -0.25) is 9.59 Å². The summed E-state index contributed by atoms with van der Waals surface area (Å²) < 4.78 is 1.51. The number of nitrogens with zero attached hydrogens (tertiary/aromatic N) is 1. The Morgan fingerprint density at radius 2 is 2.05 bits per heavy atom. The predicted molar refractivity (Wildman–Crippen MR) is 69.2 cm³/mol. The summed E-state index contributed by atoms with van der Waals surface area (Å²) in [6.07, 6.45) is 2.57. The highest BCUT2D eigenvalue weighted by molar-refractivity contribution is 6.00. The van der Waals surface area contributed by atoms with E-state index in [1.165, 1.54) is 17.6 Å². The Hall–Kier alpha value is -2.11. The summed E-state index contributed by atoms with van der Waals surface area (Å²) in [5.74, 6) is -1.69. The van der Waals surface area contributed by atoms with E-state index < -0.39 is 17.9 Å². The molecule has 0 aliphatic heterocycles. The highest BCUT2D eigenvalue weighted by Gasteiger charge is 2.21. The number of carboxylic acid groups (broad SMARTS) is 1. The molecule has 1 amide bonds. The first-order chi connectivity index (χ1) is 8.86. The van der Waals surface area contributed by atoms with Gasteiger partial charge in [0.05, 0.1) is 0 Å². The van der Waals surface area contributed by atoms with Gasteiger partial charge in [0.15, 0.2) is 5.78 Å². The van der Waals surface area contributed by atoms with Crippen LogP contribution in [0.15, 0.2) is 12.3 Å². The third-order valence-corrected chi connectivity index (χ3v) is 2.82. The van der Waals surface area contributed by atoms with E-state index in [1.54, 1.807) is 13.2 Å². The van der Waals surface area contributed by atoms with Gasteiger partial charge in [0.2, 0.25) is 0 Å². The largest absolute Gasteiger partial charge is 0.480 e. The molecule has 0 saturated carbocycles. The Morgan fingerprint density at radius 3 is 2.47 bits per heavy atom. The number of hydrogen-bond acceptors (Lipinski definition) is 3. The van der Waals surface area contributed by atoms with Gasteiger partial charge in [0, 0.05) is 18.8 Å². The Labute approximate surface area is 111 Å². The molecule has 0 fully saturated rings. The third-order valence-electron chi connectivity index (χ3n) is 2.82. The fourth-order valence-corrected chi connectivity index (χ4v) is 1.76. The minimum atomic E-state index is -1.06. The van der Waals surface area contributed by atoms with Gasteiger partial charge in [-0.15, -0.1) is 0 Å². The summed E-state index contributed by atoms with van der Waals surface area (Å²) in [5.41, 5.74) is 0.697. The minimum Gasteiger partial charge on any atom is -0.480 e. The molecule has 0 aromatic carbocycles. The molecule has 1 heterocycles. The standard InChI is InChI=1S/C13H18N2O4/c1-4-5-10(13(18)19)14-12(17)11-6-9(8(2)16)7-15(11)3/h6-7,10H,4-5H2,1-3H3,(H,14,17)(H,18,19)/t10-/m1/s1. The van der Waals surface area contributed by atoms with E-state index in [0.717, 1.165) is 0 Å². The summed E-state index contributed by atoms with van der Waals surface area (Å²) in [6.45, 7) is 3.26. The van der Waals surface area contributed by atoms with Crippen molar-refractivity contribution in [3.63, 3.8) is 0 Å². The molecular formula is C13H18N2O4. The summed E-state index contributed by atoms with van der Waals surface area (Å²) >= 11 is 0. The van der Waals surface area contributed by atoms with Gasteiger partial charge in [-0.1, -0.05) is 13.3 Å². The number of hydrogen-bond donors (Lipinski definition) is 2. The molecule has 1 rings (SSSR count). The molecule has 0 unspecified atom stereocenters. The van der Waals surface area contributed by atoms with Crippen molar-refractivity contribution in [3.05, 3.63) is 23.5 Å². The van der Waals surface area contributed by atoms with Crippen molar-refractivity contribution in [2.45, 2.75) is 32.7 Å². The van der Waals surface area contributed by atoms with E-state index >= 15 is 0 Å². The predicted octanol–water partition coefficient (Wildman–Crippen LogP) is 1.21. The average molecular weight is 266 g/mol. The number of aryl methyl sites for hydroxylation is 1. The summed E-state index contributed by atoms with van der Waals surface area (Å²) in [5, 5.41) is 11.4. The zero-order chi connectivity index (χ0) is 14.6. The number of aliphatic carboxylic acids is 1. The fourth-order valence-electron chi connectivity index (χ4n) is 1.76. The van der Waals surface area contributed by atoms with Crippen molar-refractivity contribution in [2.24, 2.45) is 7.05 Å². The number of nitrogens with one attached hydrogen (secondary N) is 1. The second-order valence-electron chi connectivity index (χ2n) is 4.43. The molecule has 0 spiro atoms. The fraction of sp³-hybridized carbons (Fsp3) is 0.462. The molecule has 6 nitrogen and oxygen atoms in total. The molecule has 19 heavy (non-hydrogen) atoms. The molecule has 0 aliphatic rings. The topological polar surface area (TPSA) is 88.4 Å². The number of rotatable bonds is 6. The number of Topliss-reactive ketones (excluding diaryl/α,β-unsaturated/α-hetero) is 1. The van der Waals surface area contributed by atoms with Gasteiger partial charge in [0.1, 0.15) is 11.7 Å². The van der Waals surface area contributed by atoms with Crippen LogP contribution in [0.25, 0.3) is 0 Å². The van der Waals surface area contributed by atoms with Crippen LogP contribution in [0.2, 0.25) is 0 Å². The van der Waals surface area contributed by atoms with Crippen LogP contribution in [0.4, 0.5) is 0 Å². The molecule has 1 aromatic heterocycles. The molecule has 1 aromatic rings. The van der Waals surface area contributed by atoms with E-state index in [2.05, 4.69) is 5.32 Å². The molecule has 6 heteroatoms. The first-order valence-corrected chi connectivity index (χ1v) is 6.07. The first-order valence-electron chi connectivity index (χ1n) is 6.07. The van der Waals surface area contributed by atoms with Gasteiger partial charge in [-0.25, -0.2) is 4.79 Å². The third kappa shape index (κ3) is 3.67. The van der Waals surface area contributed by atoms with Gasteiger partial charge in [0.25, 0.3) is 5.91 Å². The first kappa shape index (κ1) is 14.9. The van der Waals surface area contributed by atoms with Crippen molar-refractivity contribution in [1.82, 2.24) is 9.88 Å². The van der Waals surface area contributed by atoms with Crippen LogP contribution in [-0.4, -0.2) is 33.4 Å². The van der Waals surface area contributed by atoms with Crippen LogP contribution in [0, 0.1) is 0 Å². The lowest BCUT2D eigenvalue weighted by atomic mass is 10.1. The van der Waals surface area contributed by atoms with E-state index in [4.69, 9.17) is 5.11 Å². The van der Waals surface area contributed by atoms with Gasteiger partial charge in [-0.05, 0) is 19.4 Å². The van der Waals surface area contributed by atoms with Crippen LogP contribution in [0.3, 0.4) is 0 Å². The molecule has 1 atom stereocenters. The van der Waals surface area contributed by atoms with Crippen LogP contribution in [0.5, 0.6) is 0 Å². The second-order valence-corrected chi connectivity index (χ2v) is 4.43. The summed E-state index contributed by atoms with van der Waals surface area (Å²) in [7, 11) is 1.64. The van der Waals surface area contributed by atoms with E-state index in [9.17, 15) is 14.4 Å². The Bertz CT molecular complexity index is 505. The number of ketones is 1. The lowest BCUT2D eigenvalue weighted by molar-refractivity contribution is -0.139. The van der Waals surface area contributed by atoms with Crippen LogP contribution in [-0.2, 0) is 11.8 Å². The maximum Gasteiger partial charge on any atom is 0.326 e. The lowest BCUT2D eigenvalue weighted by Crippen LogP contribution is -2.41. The van der Waals surface area contributed by atoms with Crippen LogP contribution < -0.4 is 5.32 Å². The smallest absolute Gasteiger partial charge is 0.326 e. The lowest BCUT2D eigenvalue weighted by Gasteiger charge is -2.13. The maximum atomic E-state index is 12.0. The highest BCUT2D eigenvalue weighted by atomic mass is 16.4. The highest BCUT2D eigenvalue weighted by Crippen LogP contribution is 2.09. The van der Waals surface area contributed by atoms with E-state index in [0.29, 0.717) is 18.4 Å². The van der Waals surface area contributed by atoms with Crippen molar-refractivity contribution in [3.8, 4) is 0 Å². The van der Waals surface area contributed by atoms with E-state index in [-0.39, 0.29) is 11.5 Å². The number of amides is 1. The number of carbonyl (C=O) groups excluding carboxylic acids is 2. The molecule has 104 valence electrons. The zero-order valence-electron chi connectivity index (χ0n) is 11.3. The Balaban J connectivity index is 2.88. The molecule has 0 radical (unpaired) electrons. The quantitative estimate of drug-likeness (QED) is 0.757. The van der Waals surface area contributed by atoms with E-state index in [1.807, 2.05) is 6.92 Å². The van der Waals surface area contributed by atoms with Crippen molar-refractivity contribution in [1.29, 1.82) is 0 Å². The SMILES string of the molecule is CCC[C@@H](NC(=O)c1cc(C(C)=O)cn1C)C(=O)O. The monoisotopic (exact) mass is 266 g/mol. The van der Waals surface area contributed by atoms with Crippen LogP contribution in [0.1, 0.15) is 47.5 Å². The average Bonchev–Trinajstić information content (AvgIpc) is 2.70. The Kier molecular flexibility index (Phi) is 4.86. The van der Waals surface area contributed by atoms with Gasteiger partial charge in [-0.2, -0.15) is 0 Å². The molecule has 0 bridgehead atoms. The number of carboxylic acids is 1. The minimum absolute atomic E-state index is 0.141. The number of carbonyl (C=O) groups is 3. The normalized spacial score (nSPS) is 11.9. The Morgan fingerprint density at radius 1 is 1.42 bits per heavy atom. The summed E-state index contributed by atoms with van der Waals surface area (Å²) in [6, 6.07) is 0.552. The van der Waals surface area contributed by atoms with Gasteiger partial charge < -0.3 is 15.0 Å². The molecule has 2 N–H and O–H groups in total. The van der Waals surface area contributed by atoms with Crippen molar-refractivity contribution in [2.75, 3.05) is 0 Å². The molecule has 0 aliphatic carbocycles. The second kappa shape index (κ2) is 6.17. The van der Waals surface area contributed by atoms with Crippen LogP contribution >= 0.6 is 0 Å². The maximum absolute atomic E-state index is 12.0. The summed E-state index contributed by atoms with van der Waals surface area (Å²) in [4.78, 5) is 34.2. The van der Waals surface area contributed by atoms with Crippen molar-refractivity contribution >= 4 is 17.7 Å². The zero-order valence-corrected chi connectivity index (χ0v) is 11.3. The molecule has 0 saturated heterocycles. The number of aromatic nitrogens is 1. The van der Waals surface area contributed by atoms with Crippen molar-refractivity contribution < 1.29 is 19.5 Å².